The third-order valence-corrected chi connectivity index (χ3v) is 4.43. The van der Waals surface area contributed by atoms with Crippen molar-refractivity contribution in [1.82, 2.24) is 15.2 Å². The number of ether oxygens (including phenoxy) is 1. The molecule has 0 saturated carbocycles. The molecule has 1 aliphatic heterocycles. The van der Waals surface area contributed by atoms with Crippen LogP contribution in [-0.4, -0.2) is 55.6 Å². The fourth-order valence-electron chi connectivity index (χ4n) is 2.82. The number of carbonyl (C=O) groups is 1. The van der Waals surface area contributed by atoms with E-state index in [2.05, 4.69) is 31.9 Å². The van der Waals surface area contributed by atoms with Gasteiger partial charge in [-0.25, -0.2) is 4.98 Å². The number of nitrogens with zero attached hydrogens (tertiary/aromatic N) is 3. The Bertz CT molecular complexity index is 745. The lowest BCUT2D eigenvalue weighted by Gasteiger charge is -2.33. The fourth-order valence-corrected chi connectivity index (χ4v) is 2.82. The van der Waals surface area contributed by atoms with Crippen molar-refractivity contribution in [2.24, 2.45) is 0 Å². The molecule has 144 valence electrons. The molecule has 8 heteroatoms. The maximum Gasteiger partial charge on any atom is 0.387 e. The van der Waals surface area contributed by atoms with Gasteiger partial charge in [0.15, 0.2) is 0 Å². The van der Waals surface area contributed by atoms with Gasteiger partial charge in [-0.3, -0.25) is 4.79 Å². The van der Waals surface area contributed by atoms with Crippen molar-refractivity contribution in [2.45, 2.75) is 13.2 Å². The number of halogens is 2. The SMILES string of the molecule is CN1CCN(c2ccc(CNC(=O)c3ccc(OC(F)F)cc3)cn2)CC1. The quantitative estimate of drug-likeness (QED) is 0.839. The second-order valence-corrected chi connectivity index (χ2v) is 6.40. The highest BCUT2D eigenvalue weighted by Crippen LogP contribution is 2.16. The van der Waals surface area contributed by atoms with E-state index in [1.807, 2.05) is 12.1 Å². The number of hydrogen-bond acceptors (Lipinski definition) is 5. The van der Waals surface area contributed by atoms with E-state index in [0.29, 0.717) is 12.1 Å². The molecule has 1 N–H and O–H groups in total. The van der Waals surface area contributed by atoms with Crippen LogP contribution in [0.2, 0.25) is 0 Å². The summed E-state index contributed by atoms with van der Waals surface area (Å²) in [6.45, 7) is 1.38. The summed E-state index contributed by atoms with van der Waals surface area (Å²) >= 11 is 0. The molecule has 1 saturated heterocycles. The van der Waals surface area contributed by atoms with Gasteiger partial charge in [-0.1, -0.05) is 6.07 Å². The van der Waals surface area contributed by atoms with Gasteiger partial charge in [0, 0.05) is 44.5 Å². The van der Waals surface area contributed by atoms with Crippen LogP contribution in [0.25, 0.3) is 0 Å². The van der Waals surface area contributed by atoms with Gasteiger partial charge in [-0.2, -0.15) is 8.78 Å². The number of nitrogens with one attached hydrogen (secondary N) is 1. The number of anilines is 1. The van der Waals surface area contributed by atoms with Crippen LogP contribution < -0.4 is 15.0 Å². The molecule has 0 unspecified atom stereocenters. The lowest BCUT2D eigenvalue weighted by molar-refractivity contribution is -0.0498. The Morgan fingerprint density at radius 3 is 2.44 bits per heavy atom. The van der Waals surface area contributed by atoms with Gasteiger partial charge in [0.2, 0.25) is 0 Å². The number of hydrogen-bond donors (Lipinski definition) is 1. The predicted octanol–water partition coefficient (Wildman–Crippen LogP) is 2.36. The van der Waals surface area contributed by atoms with Crippen LogP contribution in [0, 0.1) is 0 Å². The van der Waals surface area contributed by atoms with Gasteiger partial charge < -0.3 is 19.9 Å². The van der Waals surface area contributed by atoms with Crippen LogP contribution in [0.15, 0.2) is 42.6 Å². The van der Waals surface area contributed by atoms with Crippen molar-refractivity contribution < 1.29 is 18.3 Å². The van der Waals surface area contributed by atoms with Gasteiger partial charge >= 0.3 is 6.61 Å². The third kappa shape index (κ3) is 5.37. The molecule has 2 heterocycles. The minimum Gasteiger partial charge on any atom is -0.435 e. The minimum atomic E-state index is -2.88. The molecule has 6 nitrogen and oxygen atoms in total. The van der Waals surface area contributed by atoms with E-state index in [0.717, 1.165) is 37.6 Å². The number of alkyl halides is 2. The molecular weight excluding hydrogens is 354 g/mol. The minimum absolute atomic E-state index is 0.0187. The molecule has 0 aliphatic carbocycles. The number of piperazine rings is 1. The smallest absolute Gasteiger partial charge is 0.387 e. The molecule has 1 aliphatic rings. The number of pyridine rings is 1. The summed E-state index contributed by atoms with van der Waals surface area (Å²) in [6, 6.07) is 9.48. The number of amides is 1. The molecule has 0 radical (unpaired) electrons. The second-order valence-electron chi connectivity index (χ2n) is 6.40. The number of benzene rings is 1. The molecule has 2 aromatic rings. The first-order chi connectivity index (χ1) is 13.0. The van der Waals surface area contributed by atoms with E-state index in [-0.39, 0.29) is 11.7 Å². The van der Waals surface area contributed by atoms with Gasteiger partial charge in [-0.05, 0) is 42.9 Å². The molecule has 0 spiro atoms. The summed E-state index contributed by atoms with van der Waals surface area (Å²) in [5.41, 5.74) is 1.26. The van der Waals surface area contributed by atoms with Gasteiger partial charge in [0.05, 0.1) is 0 Å². The third-order valence-electron chi connectivity index (χ3n) is 4.43. The van der Waals surface area contributed by atoms with E-state index in [4.69, 9.17) is 0 Å². The highest BCUT2D eigenvalue weighted by Gasteiger charge is 2.15. The molecule has 1 amide bonds. The molecule has 1 aromatic carbocycles. The number of likely N-dealkylation sites (N-methyl/N-ethyl adjacent to an activating group) is 1. The Kier molecular flexibility index (Phi) is 6.18. The summed E-state index contributed by atoms with van der Waals surface area (Å²) in [7, 11) is 2.11. The zero-order valence-electron chi connectivity index (χ0n) is 15.1. The lowest BCUT2D eigenvalue weighted by Crippen LogP contribution is -2.44. The Balaban J connectivity index is 1.51. The van der Waals surface area contributed by atoms with Crippen LogP contribution in [0.3, 0.4) is 0 Å². The van der Waals surface area contributed by atoms with Crippen molar-refractivity contribution in [2.75, 3.05) is 38.1 Å². The first-order valence-electron chi connectivity index (χ1n) is 8.73. The van der Waals surface area contributed by atoms with Crippen LogP contribution in [-0.2, 0) is 6.54 Å². The molecular formula is C19H22F2N4O2. The number of aromatic nitrogens is 1. The zero-order valence-corrected chi connectivity index (χ0v) is 15.1. The van der Waals surface area contributed by atoms with Crippen molar-refractivity contribution in [3.8, 4) is 5.75 Å². The Hall–Kier alpha value is -2.74. The molecule has 27 heavy (non-hydrogen) atoms. The second kappa shape index (κ2) is 8.77. The van der Waals surface area contributed by atoms with Gasteiger partial charge in [0.1, 0.15) is 11.6 Å². The van der Waals surface area contributed by atoms with Crippen molar-refractivity contribution in [3.63, 3.8) is 0 Å². The summed E-state index contributed by atoms with van der Waals surface area (Å²) in [6.07, 6.45) is 1.76. The summed E-state index contributed by atoms with van der Waals surface area (Å²) < 4.78 is 28.5. The Labute approximate surface area is 156 Å². The van der Waals surface area contributed by atoms with E-state index in [1.54, 1.807) is 6.20 Å². The predicted molar refractivity (Wildman–Crippen MR) is 98.2 cm³/mol. The molecule has 0 atom stereocenters. The Morgan fingerprint density at radius 2 is 1.85 bits per heavy atom. The first kappa shape index (κ1) is 19.0. The maximum absolute atomic E-state index is 12.2. The average molecular weight is 376 g/mol. The van der Waals surface area contributed by atoms with E-state index >= 15 is 0 Å². The van der Waals surface area contributed by atoms with Crippen molar-refractivity contribution in [1.29, 1.82) is 0 Å². The summed E-state index contributed by atoms with van der Waals surface area (Å²) in [5, 5.41) is 2.79. The van der Waals surface area contributed by atoms with Gasteiger partial charge in [-0.15, -0.1) is 0 Å². The molecule has 1 aromatic heterocycles. The number of rotatable bonds is 6. The van der Waals surface area contributed by atoms with Crippen molar-refractivity contribution >= 4 is 11.7 Å². The van der Waals surface area contributed by atoms with Crippen LogP contribution >= 0.6 is 0 Å². The molecule has 0 bridgehead atoms. The lowest BCUT2D eigenvalue weighted by atomic mass is 10.2. The summed E-state index contributed by atoms with van der Waals surface area (Å²) in [4.78, 5) is 21.2. The highest BCUT2D eigenvalue weighted by molar-refractivity contribution is 5.94. The molecule has 1 fully saturated rings. The standard InChI is InChI=1S/C19H22F2N4O2/c1-24-8-10-25(11-9-24)17-7-2-14(12-22-17)13-23-18(26)15-3-5-16(6-4-15)27-19(20)21/h2-7,12,19H,8-11,13H2,1H3,(H,23,26). The van der Waals surface area contributed by atoms with Crippen LogP contribution in [0.5, 0.6) is 5.75 Å². The summed E-state index contributed by atoms with van der Waals surface area (Å²) in [5.74, 6) is 0.666. The van der Waals surface area contributed by atoms with Gasteiger partial charge in [0.25, 0.3) is 5.91 Å². The zero-order chi connectivity index (χ0) is 19.2. The van der Waals surface area contributed by atoms with Crippen LogP contribution in [0.1, 0.15) is 15.9 Å². The van der Waals surface area contributed by atoms with Crippen LogP contribution in [0.4, 0.5) is 14.6 Å². The average Bonchev–Trinajstić information content (AvgIpc) is 2.67. The Morgan fingerprint density at radius 1 is 1.15 bits per heavy atom. The largest absolute Gasteiger partial charge is 0.435 e. The maximum atomic E-state index is 12.2. The topological polar surface area (TPSA) is 57.7 Å². The first-order valence-corrected chi connectivity index (χ1v) is 8.73. The van der Waals surface area contributed by atoms with E-state index in [1.165, 1.54) is 24.3 Å². The highest BCUT2D eigenvalue weighted by atomic mass is 19.3. The fraction of sp³-hybridized carbons (Fsp3) is 0.368. The normalized spacial score (nSPS) is 15.0. The van der Waals surface area contributed by atoms with E-state index in [9.17, 15) is 13.6 Å². The molecule has 3 rings (SSSR count). The van der Waals surface area contributed by atoms with Crippen molar-refractivity contribution in [3.05, 3.63) is 53.7 Å². The van der Waals surface area contributed by atoms with E-state index < -0.39 is 6.61 Å². The number of carbonyl (C=O) groups excluding carboxylic acids is 1. The monoisotopic (exact) mass is 376 g/mol.